The minimum Gasteiger partial charge on any atom is -0.378 e. The van der Waals surface area contributed by atoms with Gasteiger partial charge in [-0.3, -0.25) is 0 Å². The Hall–Kier alpha value is -0.930. The molecule has 2 nitrogen and oxygen atoms in total. The van der Waals surface area contributed by atoms with Gasteiger partial charge in [0.15, 0.2) is 0 Å². The summed E-state index contributed by atoms with van der Waals surface area (Å²) < 4.78 is 18.9. The summed E-state index contributed by atoms with van der Waals surface area (Å²) in [5, 5.41) is 0. The molecule has 1 aromatic carbocycles. The molecule has 0 radical (unpaired) electrons. The Labute approximate surface area is 102 Å². The first-order valence-electron chi connectivity index (χ1n) is 6.30. The second-order valence-electron chi connectivity index (χ2n) is 4.86. The third-order valence-electron chi connectivity index (χ3n) is 3.65. The fourth-order valence-electron chi connectivity index (χ4n) is 2.48. The van der Waals surface area contributed by atoms with Crippen LogP contribution in [0.3, 0.4) is 0 Å². The van der Waals surface area contributed by atoms with Crippen LogP contribution in [0.25, 0.3) is 0 Å². The zero-order valence-electron chi connectivity index (χ0n) is 10.3. The second-order valence-corrected chi connectivity index (χ2v) is 4.86. The van der Waals surface area contributed by atoms with Crippen molar-refractivity contribution in [3.63, 3.8) is 0 Å². The topological polar surface area (TPSA) is 35.2 Å². The lowest BCUT2D eigenvalue weighted by atomic mass is 9.82. The molecule has 0 bridgehead atoms. The van der Waals surface area contributed by atoms with E-state index in [4.69, 9.17) is 10.5 Å². The molecule has 0 saturated carbocycles. The van der Waals surface area contributed by atoms with Gasteiger partial charge in [-0.15, -0.1) is 0 Å². The zero-order valence-corrected chi connectivity index (χ0v) is 10.3. The summed E-state index contributed by atoms with van der Waals surface area (Å²) in [6.07, 6.45) is 3.95. The van der Waals surface area contributed by atoms with Gasteiger partial charge in [-0.2, -0.15) is 0 Å². The Bertz CT molecular complexity index is 376. The Morgan fingerprint density at radius 1 is 1.53 bits per heavy atom. The molecule has 2 rings (SSSR count). The molecule has 1 aliphatic rings. The van der Waals surface area contributed by atoms with E-state index in [-0.39, 0.29) is 11.9 Å². The SMILES string of the molecule is CCC(N)(CC1CCCO1)c1cccc(F)c1. The number of benzene rings is 1. The molecule has 2 atom stereocenters. The summed E-state index contributed by atoms with van der Waals surface area (Å²) in [6.45, 7) is 2.87. The first kappa shape index (κ1) is 12.5. The molecule has 1 aromatic rings. The average Bonchev–Trinajstić information content (AvgIpc) is 2.81. The van der Waals surface area contributed by atoms with Crippen molar-refractivity contribution in [2.75, 3.05) is 6.61 Å². The number of halogens is 1. The lowest BCUT2D eigenvalue weighted by Crippen LogP contribution is -2.39. The molecule has 0 spiro atoms. The van der Waals surface area contributed by atoms with Gasteiger partial charge in [0.05, 0.1) is 6.10 Å². The van der Waals surface area contributed by atoms with E-state index in [0.29, 0.717) is 0 Å². The standard InChI is InChI=1S/C14H20FNO/c1-2-14(16,10-13-7-4-8-17-13)11-5-3-6-12(15)9-11/h3,5-6,9,13H,2,4,7-8,10,16H2,1H3. The maximum absolute atomic E-state index is 13.3. The Kier molecular flexibility index (Phi) is 3.79. The molecular weight excluding hydrogens is 217 g/mol. The van der Waals surface area contributed by atoms with E-state index in [1.807, 2.05) is 13.0 Å². The van der Waals surface area contributed by atoms with Gasteiger partial charge in [-0.1, -0.05) is 19.1 Å². The second kappa shape index (κ2) is 5.15. The van der Waals surface area contributed by atoms with Crippen LogP contribution in [0.4, 0.5) is 4.39 Å². The summed E-state index contributed by atoms with van der Waals surface area (Å²) in [4.78, 5) is 0. The van der Waals surface area contributed by atoms with Gasteiger partial charge in [0, 0.05) is 12.1 Å². The van der Waals surface area contributed by atoms with Crippen molar-refractivity contribution in [3.05, 3.63) is 35.6 Å². The molecular formula is C14H20FNO. The fourth-order valence-corrected chi connectivity index (χ4v) is 2.48. The van der Waals surface area contributed by atoms with Crippen molar-refractivity contribution in [1.82, 2.24) is 0 Å². The number of hydrogen-bond donors (Lipinski definition) is 1. The predicted molar refractivity (Wildman–Crippen MR) is 66.1 cm³/mol. The highest BCUT2D eigenvalue weighted by Crippen LogP contribution is 2.31. The zero-order chi connectivity index (χ0) is 12.3. The first-order valence-corrected chi connectivity index (χ1v) is 6.30. The van der Waals surface area contributed by atoms with Crippen LogP contribution in [0, 0.1) is 5.82 Å². The van der Waals surface area contributed by atoms with Crippen molar-refractivity contribution >= 4 is 0 Å². The molecule has 1 fully saturated rings. The first-order chi connectivity index (χ1) is 8.14. The van der Waals surface area contributed by atoms with E-state index < -0.39 is 5.54 Å². The van der Waals surface area contributed by atoms with Crippen LogP contribution < -0.4 is 5.73 Å². The Morgan fingerprint density at radius 3 is 2.94 bits per heavy atom. The summed E-state index contributed by atoms with van der Waals surface area (Å²) >= 11 is 0. The molecule has 94 valence electrons. The van der Waals surface area contributed by atoms with Gasteiger partial charge in [-0.25, -0.2) is 4.39 Å². The van der Waals surface area contributed by atoms with E-state index in [0.717, 1.165) is 37.9 Å². The summed E-state index contributed by atoms with van der Waals surface area (Å²) in [5.74, 6) is -0.224. The van der Waals surface area contributed by atoms with Crippen molar-refractivity contribution in [2.45, 2.75) is 44.2 Å². The lowest BCUT2D eigenvalue weighted by molar-refractivity contribution is 0.0814. The van der Waals surface area contributed by atoms with E-state index >= 15 is 0 Å². The van der Waals surface area contributed by atoms with E-state index in [1.54, 1.807) is 12.1 Å². The van der Waals surface area contributed by atoms with Gasteiger partial charge in [-0.05, 0) is 43.4 Å². The van der Waals surface area contributed by atoms with E-state index in [2.05, 4.69) is 0 Å². The van der Waals surface area contributed by atoms with E-state index in [9.17, 15) is 4.39 Å². The number of rotatable bonds is 4. The summed E-state index contributed by atoms with van der Waals surface area (Å²) in [5.41, 5.74) is 6.82. The van der Waals surface area contributed by atoms with Crippen LogP contribution in [0.1, 0.15) is 38.2 Å². The monoisotopic (exact) mass is 237 g/mol. The van der Waals surface area contributed by atoms with Gasteiger partial charge in [0.25, 0.3) is 0 Å². The number of ether oxygens (including phenoxy) is 1. The molecule has 0 aromatic heterocycles. The van der Waals surface area contributed by atoms with Crippen LogP contribution in [0.5, 0.6) is 0 Å². The predicted octanol–water partition coefficient (Wildman–Crippen LogP) is 2.96. The highest BCUT2D eigenvalue weighted by Gasteiger charge is 2.31. The maximum Gasteiger partial charge on any atom is 0.123 e. The quantitative estimate of drug-likeness (QED) is 0.873. The molecule has 2 unspecified atom stereocenters. The molecule has 0 aliphatic carbocycles. The fraction of sp³-hybridized carbons (Fsp3) is 0.571. The molecule has 0 amide bonds. The van der Waals surface area contributed by atoms with Crippen LogP contribution in [0.2, 0.25) is 0 Å². The van der Waals surface area contributed by atoms with Crippen molar-refractivity contribution in [2.24, 2.45) is 5.73 Å². The smallest absolute Gasteiger partial charge is 0.123 e. The lowest BCUT2D eigenvalue weighted by Gasteiger charge is -2.31. The van der Waals surface area contributed by atoms with Crippen LogP contribution >= 0.6 is 0 Å². The highest BCUT2D eigenvalue weighted by atomic mass is 19.1. The van der Waals surface area contributed by atoms with Crippen LogP contribution in [-0.2, 0) is 10.3 Å². The minimum absolute atomic E-state index is 0.224. The molecule has 3 heteroatoms. The largest absolute Gasteiger partial charge is 0.378 e. The molecule has 1 aliphatic heterocycles. The van der Waals surface area contributed by atoms with Crippen molar-refractivity contribution in [1.29, 1.82) is 0 Å². The molecule has 17 heavy (non-hydrogen) atoms. The number of nitrogens with two attached hydrogens (primary N) is 1. The molecule has 1 heterocycles. The van der Waals surface area contributed by atoms with Gasteiger partial charge in [0.2, 0.25) is 0 Å². The van der Waals surface area contributed by atoms with E-state index in [1.165, 1.54) is 6.07 Å². The minimum atomic E-state index is -0.475. The third kappa shape index (κ3) is 2.85. The Morgan fingerprint density at radius 2 is 2.35 bits per heavy atom. The third-order valence-corrected chi connectivity index (χ3v) is 3.65. The van der Waals surface area contributed by atoms with Gasteiger partial charge < -0.3 is 10.5 Å². The Balaban J connectivity index is 2.17. The van der Waals surface area contributed by atoms with Crippen molar-refractivity contribution in [3.8, 4) is 0 Å². The maximum atomic E-state index is 13.3. The molecule has 2 N–H and O–H groups in total. The van der Waals surface area contributed by atoms with Gasteiger partial charge in [0.1, 0.15) is 5.82 Å². The van der Waals surface area contributed by atoms with Crippen molar-refractivity contribution < 1.29 is 9.13 Å². The van der Waals surface area contributed by atoms with Crippen LogP contribution in [-0.4, -0.2) is 12.7 Å². The normalized spacial score (nSPS) is 23.6. The van der Waals surface area contributed by atoms with Gasteiger partial charge >= 0.3 is 0 Å². The summed E-state index contributed by atoms with van der Waals surface area (Å²) in [6, 6.07) is 6.61. The number of hydrogen-bond acceptors (Lipinski definition) is 2. The molecule has 1 saturated heterocycles. The average molecular weight is 237 g/mol. The highest BCUT2D eigenvalue weighted by molar-refractivity contribution is 5.25. The summed E-state index contributed by atoms with van der Waals surface area (Å²) in [7, 11) is 0. The van der Waals surface area contributed by atoms with Crippen LogP contribution in [0.15, 0.2) is 24.3 Å².